The zero-order valence-corrected chi connectivity index (χ0v) is 11.1. The SMILES string of the molecule is CCc1nn(CC(C)C)c(CC)c1CCN. The Morgan fingerprint density at radius 3 is 2.38 bits per heavy atom. The number of nitrogens with zero attached hydrogens (tertiary/aromatic N) is 2. The van der Waals surface area contributed by atoms with E-state index in [0.717, 1.165) is 25.8 Å². The second kappa shape index (κ2) is 6.04. The van der Waals surface area contributed by atoms with E-state index in [-0.39, 0.29) is 0 Å². The van der Waals surface area contributed by atoms with Crippen LogP contribution in [-0.4, -0.2) is 16.3 Å². The Kier molecular flexibility index (Phi) is 5.00. The summed E-state index contributed by atoms with van der Waals surface area (Å²) in [6.07, 6.45) is 3.02. The minimum atomic E-state index is 0.639. The average molecular weight is 223 g/mol. The average Bonchev–Trinajstić information content (AvgIpc) is 2.55. The van der Waals surface area contributed by atoms with Crippen LogP contribution in [0.3, 0.4) is 0 Å². The molecule has 1 heterocycles. The molecule has 0 fully saturated rings. The summed E-state index contributed by atoms with van der Waals surface area (Å²) in [5.74, 6) is 0.639. The van der Waals surface area contributed by atoms with Gasteiger partial charge in [-0.05, 0) is 37.3 Å². The van der Waals surface area contributed by atoms with Gasteiger partial charge in [0.1, 0.15) is 0 Å². The highest BCUT2D eigenvalue weighted by molar-refractivity contribution is 5.27. The molecule has 16 heavy (non-hydrogen) atoms. The van der Waals surface area contributed by atoms with Crippen molar-refractivity contribution in [3.63, 3.8) is 0 Å². The maximum Gasteiger partial charge on any atom is 0.0657 e. The first-order valence-electron chi connectivity index (χ1n) is 6.41. The Hall–Kier alpha value is -0.830. The van der Waals surface area contributed by atoms with Crippen LogP contribution >= 0.6 is 0 Å². The van der Waals surface area contributed by atoms with E-state index in [0.29, 0.717) is 12.5 Å². The zero-order chi connectivity index (χ0) is 12.1. The number of hydrogen-bond acceptors (Lipinski definition) is 2. The molecule has 0 aromatic carbocycles. The summed E-state index contributed by atoms with van der Waals surface area (Å²) < 4.78 is 2.19. The van der Waals surface area contributed by atoms with E-state index in [1.54, 1.807) is 0 Å². The normalized spacial score (nSPS) is 11.4. The summed E-state index contributed by atoms with van der Waals surface area (Å²) in [5, 5.41) is 4.72. The lowest BCUT2D eigenvalue weighted by atomic mass is 10.1. The molecule has 1 aromatic heterocycles. The maximum absolute atomic E-state index is 5.68. The van der Waals surface area contributed by atoms with E-state index in [1.807, 2.05) is 0 Å². The van der Waals surface area contributed by atoms with Crippen LogP contribution in [0, 0.1) is 5.92 Å². The van der Waals surface area contributed by atoms with E-state index in [9.17, 15) is 0 Å². The molecular weight excluding hydrogens is 198 g/mol. The van der Waals surface area contributed by atoms with Gasteiger partial charge in [-0.25, -0.2) is 0 Å². The quantitative estimate of drug-likeness (QED) is 0.803. The maximum atomic E-state index is 5.68. The third-order valence-electron chi connectivity index (χ3n) is 2.85. The molecular formula is C13H25N3. The van der Waals surface area contributed by atoms with Crippen LogP contribution in [0.5, 0.6) is 0 Å². The number of hydrogen-bond donors (Lipinski definition) is 1. The van der Waals surface area contributed by atoms with Crippen LogP contribution in [0.15, 0.2) is 0 Å². The monoisotopic (exact) mass is 223 g/mol. The van der Waals surface area contributed by atoms with E-state index < -0.39 is 0 Å². The third kappa shape index (κ3) is 2.85. The number of aryl methyl sites for hydroxylation is 1. The van der Waals surface area contributed by atoms with Crippen molar-refractivity contribution >= 4 is 0 Å². The molecule has 0 atom stereocenters. The molecule has 0 radical (unpaired) electrons. The van der Waals surface area contributed by atoms with Gasteiger partial charge in [-0.3, -0.25) is 4.68 Å². The number of nitrogens with two attached hydrogens (primary N) is 1. The Morgan fingerprint density at radius 1 is 1.25 bits per heavy atom. The van der Waals surface area contributed by atoms with Crippen molar-refractivity contribution < 1.29 is 0 Å². The van der Waals surface area contributed by atoms with Crippen LogP contribution < -0.4 is 5.73 Å². The molecule has 0 unspecified atom stereocenters. The first-order chi connectivity index (χ1) is 7.63. The summed E-state index contributed by atoms with van der Waals surface area (Å²) in [6, 6.07) is 0. The number of aromatic nitrogens is 2. The molecule has 0 spiro atoms. The molecule has 0 aliphatic carbocycles. The molecule has 0 saturated carbocycles. The Bertz CT molecular complexity index is 326. The van der Waals surface area contributed by atoms with Gasteiger partial charge in [0, 0.05) is 12.2 Å². The Morgan fingerprint density at radius 2 is 1.94 bits per heavy atom. The summed E-state index contributed by atoms with van der Waals surface area (Å²) in [5.41, 5.74) is 9.70. The molecule has 0 saturated heterocycles. The van der Waals surface area contributed by atoms with Crippen molar-refractivity contribution in [3.8, 4) is 0 Å². The zero-order valence-electron chi connectivity index (χ0n) is 11.1. The molecule has 0 aliphatic heterocycles. The Balaban J connectivity index is 3.08. The highest BCUT2D eigenvalue weighted by Crippen LogP contribution is 2.18. The van der Waals surface area contributed by atoms with Crippen LogP contribution in [0.4, 0.5) is 0 Å². The molecule has 1 aromatic rings. The summed E-state index contributed by atoms with van der Waals surface area (Å²) in [4.78, 5) is 0. The van der Waals surface area contributed by atoms with Gasteiger partial charge in [0.2, 0.25) is 0 Å². The highest BCUT2D eigenvalue weighted by Gasteiger charge is 2.14. The van der Waals surface area contributed by atoms with Crippen molar-refractivity contribution in [2.45, 2.75) is 53.5 Å². The smallest absolute Gasteiger partial charge is 0.0657 e. The van der Waals surface area contributed by atoms with Gasteiger partial charge < -0.3 is 5.73 Å². The van der Waals surface area contributed by atoms with E-state index >= 15 is 0 Å². The summed E-state index contributed by atoms with van der Waals surface area (Å²) >= 11 is 0. The van der Waals surface area contributed by atoms with Crippen LogP contribution in [0.1, 0.15) is 44.6 Å². The first-order valence-corrected chi connectivity index (χ1v) is 6.41. The molecule has 1 rings (SSSR count). The largest absolute Gasteiger partial charge is 0.330 e. The lowest BCUT2D eigenvalue weighted by molar-refractivity contribution is 0.467. The second-order valence-corrected chi connectivity index (χ2v) is 4.69. The highest BCUT2D eigenvalue weighted by atomic mass is 15.3. The van der Waals surface area contributed by atoms with E-state index in [2.05, 4.69) is 32.4 Å². The molecule has 2 N–H and O–H groups in total. The molecule has 3 heteroatoms. The lowest BCUT2D eigenvalue weighted by Crippen LogP contribution is -2.11. The second-order valence-electron chi connectivity index (χ2n) is 4.69. The van der Waals surface area contributed by atoms with E-state index in [4.69, 9.17) is 10.8 Å². The van der Waals surface area contributed by atoms with Gasteiger partial charge in [-0.15, -0.1) is 0 Å². The standard InChI is InChI=1S/C13H25N3/c1-5-12-11(7-8-14)13(6-2)16(15-12)9-10(3)4/h10H,5-9,14H2,1-4H3. The minimum absolute atomic E-state index is 0.639. The predicted octanol–water partition coefficient (Wildman–Crippen LogP) is 2.17. The van der Waals surface area contributed by atoms with Crippen molar-refractivity contribution in [1.29, 1.82) is 0 Å². The predicted molar refractivity (Wildman–Crippen MR) is 68.6 cm³/mol. The van der Waals surface area contributed by atoms with Gasteiger partial charge in [0.25, 0.3) is 0 Å². The third-order valence-corrected chi connectivity index (χ3v) is 2.85. The van der Waals surface area contributed by atoms with Gasteiger partial charge in [0.15, 0.2) is 0 Å². The fraction of sp³-hybridized carbons (Fsp3) is 0.769. The minimum Gasteiger partial charge on any atom is -0.330 e. The van der Waals surface area contributed by atoms with Crippen molar-refractivity contribution in [2.75, 3.05) is 6.54 Å². The Labute approximate surface area is 99.0 Å². The number of rotatable bonds is 6. The lowest BCUT2D eigenvalue weighted by Gasteiger charge is -2.09. The van der Waals surface area contributed by atoms with Crippen LogP contribution in [0.2, 0.25) is 0 Å². The molecule has 0 aliphatic rings. The molecule has 0 bridgehead atoms. The van der Waals surface area contributed by atoms with Crippen molar-refractivity contribution in [1.82, 2.24) is 9.78 Å². The van der Waals surface area contributed by atoms with Gasteiger partial charge in [0.05, 0.1) is 5.69 Å². The van der Waals surface area contributed by atoms with Crippen molar-refractivity contribution in [3.05, 3.63) is 17.0 Å². The van der Waals surface area contributed by atoms with Crippen molar-refractivity contribution in [2.24, 2.45) is 11.7 Å². The topological polar surface area (TPSA) is 43.8 Å². The summed E-state index contributed by atoms with van der Waals surface area (Å²) in [6.45, 7) is 10.6. The molecule has 92 valence electrons. The molecule has 0 amide bonds. The van der Waals surface area contributed by atoms with Gasteiger partial charge >= 0.3 is 0 Å². The van der Waals surface area contributed by atoms with E-state index in [1.165, 1.54) is 17.0 Å². The first kappa shape index (κ1) is 13.2. The van der Waals surface area contributed by atoms with Crippen LogP contribution in [0.25, 0.3) is 0 Å². The molecule has 3 nitrogen and oxygen atoms in total. The van der Waals surface area contributed by atoms with Gasteiger partial charge in [-0.2, -0.15) is 5.10 Å². The summed E-state index contributed by atoms with van der Waals surface area (Å²) in [7, 11) is 0. The fourth-order valence-electron chi connectivity index (χ4n) is 2.20. The fourth-order valence-corrected chi connectivity index (χ4v) is 2.20. The van der Waals surface area contributed by atoms with Gasteiger partial charge in [-0.1, -0.05) is 27.7 Å². The van der Waals surface area contributed by atoms with Crippen LogP contribution in [-0.2, 0) is 25.8 Å².